The van der Waals surface area contributed by atoms with Crippen molar-refractivity contribution in [3.05, 3.63) is 76.9 Å². The van der Waals surface area contributed by atoms with E-state index in [-0.39, 0.29) is 11.3 Å². The summed E-state index contributed by atoms with van der Waals surface area (Å²) in [5.41, 5.74) is 6.54. The predicted octanol–water partition coefficient (Wildman–Crippen LogP) is 7.50. The van der Waals surface area contributed by atoms with Gasteiger partial charge in [-0.1, -0.05) is 54.3 Å². The van der Waals surface area contributed by atoms with Crippen molar-refractivity contribution in [2.45, 2.75) is 64.7 Å². The van der Waals surface area contributed by atoms with Crippen molar-refractivity contribution in [1.29, 1.82) is 0 Å². The third-order valence-corrected chi connectivity index (χ3v) is 8.80. The van der Waals surface area contributed by atoms with Gasteiger partial charge in [0.1, 0.15) is 5.75 Å². The second-order valence-electron chi connectivity index (χ2n) is 11.5. The molecular weight excluding hydrogens is 486 g/mol. The summed E-state index contributed by atoms with van der Waals surface area (Å²) in [6.07, 6.45) is 13.7. The molecule has 39 heavy (non-hydrogen) atoms. The molecule has 0 radical (unpaired) electrons. The molecule has 0 aliphatic heterocycles. The molecule has 0 spiro atoms. The molecule has 2 fully saturated rings. The second kappa shape index (κ2) is 10.8. The maximum atomic E-state index is 14.0. The normalized spacial score (nSPS) is 18.7. The Morgan fingerprint density at radius 1 is 1.10 bits per heavy atom. The molecule has 0 saturated heterocycles. The Morgan fingerprint density at radius 3 is 2.56 bits per heavy atom. The largest absolute Gasteiger partial charge is 0.497 e. The summed E-state index contributed by atoms with van der Waals surface area (Å²) in [5, 5.41) is 3.86. The average molecular weight is 524 g/mol. The molecule has 202 valence electrons. The summed E-state index contributed by atoms with van der Waals surface area (Å²) in [6.45, 7) is 2.60. The number of hydrogen-bond donors (Lipinski definition) is 0. The van der Waals surface area contributed by atoms with Crippen LogP contribution in [0.5, 0.6) is 5.75 Å². The quantitative estimate of drug-likeness (QED) is 0.306. The van der Waals surface area contributed by atoms with Crippen molar-refractivity contribution in [2.24, 2.45) is 11.3 Å². The number of amides is 1. The van der Waals surface area contributed by atoms with Crippen LogP contribution in [0.4, 0.5) is 5.69 Å². The van der Waals surface area contributed by atoms with Crippen molar-refractivity contribution >= 4 is 29.3 Å². The van der Waals surface area contributed by atoms with Crippen molar-refractivity contribution in [1.82, 2.24) is 10.1 Å². The fraction of sp³-hybridized carbons (Fsp3) is 0.424. The molecule has 2 aromatic carbocycles. The lowest BCUT2D eigenvalue weighted by atomic mass is 9.56. The molecule has 6 heteroatoms. The number of ether oxygens (including phenoxy) is 1. The average Bonchev–Trinajstić information content (AvgIpc) is 3.39. The van der Waals surface area contributed by atoms with E-state index in [9.17, 15) is 4.79 Å². The Kier molecular flexibility index (Phi) is 7.11. The molecule has 7 rings (SSSR count). The fourth-order valence-electron chi connectivity index (χ4n) is 6.69. The number of anilines is 1. The molecular formula is C33H37N3O3. The zero-order chi connectivity index (χ0) is 26.8. The lowest BCUT2D eigenvalue weighted by Crippen LogP contribution is -2.49. The maximum Gasteiger partial charge on any atom is 0.250 e. The van der Waals surface area contributed by atoms with Gasteiger partial charge in [-0.05, 0) is 97.9 Å². The zero-order valence-electron chi connectivity index (χ0n) is 23.0. The Balaban J connectivity index is 1.24. The number of carbonyl (C=O) groups excluding carboxylic acids is 1. The van der Waals surface area contributed by atoms with Crippen molar-refractivity contribution < 1.29 is 14.1 Å². The van der Waals surface area contributed by atoms with Gasteiger partial charge in [-0.15, -0.1) is 0 Å². The van der Waals surface area contributed by atoms with Gasteiger partial charge >= 0.3 is 0 Å². The van der Waals surface area contributed by atoms with Crippen LogP contribution in [0.1, 0.15) is 80.6 Å². The van der Waals surface area contributed by atoms with E-state index < -0.39 is 0 Å². The van der Waals surface area contributed by atoms with Crippen LogP contribution in [0, 0.1) is 18.3 Å². The number of aryl methyl sites for hydroxylation is 1. The maximum absolute atomic E-state index is 14.0. The van der Waals surface area contributed by atoms with Crippen LogP contribution < -0.4 is 9.64 Å². The van der Waals surface area contributed by atoms with E-state index in [2.05, 4.69) is 57.5 Å². The summed E-state index contributed by atoms with van der Waals surface area (Å²) in [5.74, 6) is 2.42. The minimum Gasteiger partial charge on any atom is -0.497 e. The van der Waals surface area contributed by atoms with Crippen molar-refractivity contribution in [3.8, 4) is 5.75 Å². The fourth-order valence-corrected chi connectivity index (χ4v) is 6.69. The molecule has 2 bridgehead atoms. The van der Waals surface area contributed by atoms with E-state index in [1.807, 2.05) is 25.1 Å². The molecule has 3 aromatic rings. The van der Waals surface area contributed by atoms with E-state index in [1.165, 1.54) is 17.6 Å². The Labute approximate surface area is 230 Å². The Hall–Kier alpha value is -3.67. The number of allylic oxidation sites excluding steroid dienone is 2. The van der Waals surface area contributed by atoms with Crippen LogP contribution in [0.15, 0.2) is 58.6 Å². The van der Waals surface area contributed by atoms with Crippen LogP contribution in [0.2, 0.25) is 0 Å². The van der Waals surface area contributed by atoms with Crippen LogP contribution in [-0.4, -0.2) is 29.7 Å². The lowest BCUT2D eigenvalue weighted by Gasteiger charge is -2.52. The minimum atomic E-state index is 0.129. The molecule has 6 nitrogen and oxygen atoms in total. The molecule has 0 atom stereocenters. The molecule has 2 saturated carbocycles. The number of fused-ring (bicyclic) bond motifs is 2. The number of aromatic nitrogens is 2. The Bertz CT molecular complexity index is 1390. The first-order valence-corrected chi connectivity index (χ1v) is 14.3. The number of carbonyl (C=O) groups is 1. The van der Waals surface area contributed by atoms with E-state index in [0.29, 0.717) is 17.6 Å². The molecule has 1 aromatic heterocycles. The first-order valence-electron chi connectivity index (χ1n) is 14.3. The van der Waals surface area contributed by atoms with Crippen molar-refractivity contribution in [3.63, 3.8) is 0 Å². The van der Waals surface area contributed by atoms with E-state index in [1.54, 1.807) is 12.7 Å². The SMILES string of the molecule is COc1ccc(C2=C3CC(CN(C(=O)C4CCCCC4)c4cccc(/C=C/c5nc(C)no5)c4)(CC2)C3)cc1. The first-order chi connectivity index (χ1) is 19.0. The van der Waals surface area contributed by atoms with E-state index in [0.717, 1.165) is 74.9 Å². The minimum absolute atomic E-state index is 0.129. The molecule has 4 aliphatic carbocycles. The number of nitrogens with zero attached hydrogens (tertiary/aromatic N) is 3. The highest BCUT2D eigenvalue weighted by atomic mass is 16.5. The summed E-state index contributed by atoms with van der Waals surface area (Å²) < 4.78 is 10.6. The van der Waals surface area contributed by atoms with E-state index >= 15 is 0 Å². The monoisotopic (exact) mass is 523 g/mol. The third kappa shape index (κ3) is 5.42. The molecule has 4 aliphatic rings. The predicted molar refractivity (Wildman–Crippen MR) is 154 cm³/mol. The smallest absolute Gasteiger partial charge is 0.250 e. The summed E-state index contributed by atoms with van der Waals surface area (Å²) in [7, 11) is 1.71. The number of methoxy groups -OCH3 is 1. The van der Waals surface area contributed by atoms with Gasteiger partial charge in [-0.25, -0.2) is 0 Å². The van der Waals surface area contributed by atoms with Gasteiger partial charge in [0.2, 0.25) is 5.91 Å². The third-order valence-electron chi connectivity index (χ3n) is 8.80. The van der Waals surface area contributed by atoms with Gasteiger partial charge in [-0.2, -0.15) is 4.98 Å². The summed E-state index contributed by atoms with van der Waals surface area (Å²) in [4.78, 5) is 20.4. The summed E-state index contributed by atoms with van der Waals surface area (Å²) >= 11 is 0. The van der Waals surface area contributed by atoms with Gasteiger partial charge in [0.15, 0.2) is 5.82 Å². The molecule has 0 unspecified atom stereocenters. The van der Waals surface area contributed by atoms with Crippen LogP contribution in [0.25, 0.3) is 17.7 Å². The van der Waals surface area contributed by atoms with Gasteiger partial charge in [-0.3, -0.25) is 4.79 Å². The first kappa shape index (κ1) is 25.6. The lowest BCUT2D eigenvalue weighted by molar-refractivity contribution is -0.123. The van der Waals surface area contributed by atoms with Crippen LogP contribution >= 0.6 is 0 Å². The number of hydrogen-bond acceptors (Lipinski definition) is 5. The standard InChI is InChI=1S/C33H37N3O3/c1-23-34-31(39-35-23)16-11-24-7-6-10-28(19-24)36(32(37)26-8-4-3-5-9-26)22-33-18-17-30(27(20-33)21-33)25-12-14-29(38-2)15-13-25/h6-7,10-16,19,26H,3-5,8-9,17-18,20-22H2,1-2H3/b16-11+. The number of benzene rings is 2. The zero-order valence-corrected chi connectivity index (χ0v) is 23.0. The Morgan fingerprint density at radius 2 is 1.90 bits per heavy atom. The van der Waals surface area contributed by atoms with Gasteiger partial charge in [0.05, 0.1) is 7.11 Å². The topological polar surface area (TPSA) is 68.5 Å². The molecule has 1 heterocycles. The molecule has 0 N–H and O–H groups in total. The number of rotatable bonds is 8. The highest BCUT2D eigenvalue weighted by molar-refractivity contribution is 5.95. The van der Waals surface area contributed by atoms with Gasteiger partial charge in [0.25, 0.3) is 5.89 Å². The second-order valence-corrected chi connectivity index (χ2v) is 11.5. The highest BCUT2D eigenvalue weighted by Crippen LogP contribution is 2.58. The van der Waals surface area contributed by atoms with Gasteiger partial charge in [0, 0.05) is 24.2 Å². The highest BCUT2D eigenvalue weighted by Gasteiger charge is 2.47. The van der Waals surface area contributed by atoms with Crippen LogP contribution in [-0.2, 0) is 4.79 Å². The van der Waals surface area contributed by atoms with Gasteiger partial charge < -0.3 is 14.2 Å². The summed E-state index contributed by atoms with van der Waals surface area (Å²) in [6, 6.07) is 16.8. The molecule has 1 amide bonds. The van der Waals surface area contributed by atoms with E-state index in [4.69, 9.17) is 9.26 Å². The van der Waals surface area contributed by atoms with Crippen molar-refractivity contribution in [2.75, 3.05) is 18.6 Å². The van der Waals surface area contributed by atoms with Crippen LogP contribution in [0.3, 0.4) is 0 Å².